The Balaban J connectivity index is 2.01. The van der Waals surface area contributed by atoms with E-state index in [2.05, 4.69) is 12.2 Å². The highest BCUT2D eigenvalue weighted by atomic mass is 16.5. The lowest BCUT2D eigenvalue weighted by molar-refractivity contribution is -0.121. The second-order valence-electron chi connectivity index (χ2n) is 5.78. The fraction of sp³-hybridized carbons (Fsp3) is 0.450. The lowest BCUT2D eigenvalue weighted by atomic mass is 10.0. The van der Waals surface area contributed by atoms with Gasteiger partial charge in [-0.05, 0) is 37.5 Å². The maximum absolute atomic E-state index is 11.0. The van der Waals surface area contributed by atoms with Crippen LogP contribution in [0.25, 0.3) is 0 Å². The molecule has 3 atom stereocenters. The molecule has 24 heavy (non-hydrogen) atoms. The van der Waals surface area contributed by atoms with E-state index in [-0.39, 0.29) is 18.3 Å². The number of hydrogen-bond acceptors (Lipinski definition) is 4. The van der Waals surface area contributed by atoms with E-state index < -0.39 is 0 Å². The maximum atomic E-state index is 11.0. The molecule has 0 aliphatic carbocycles. The molecule has 2 rings (SSSR count). The Kier molecular flexibility index (Phi) is 7.72. The molecule has 0 spiro atoms. The van der Waals surface area contributed by atoms with Crippen molar-refractivity contribution in [3.05, 3.63) is 54.1 Å². The number of benzene rings is 1. The van der Waals surface area contributed by atoms with Gasteiger partial charge in [-0.1, -0.05) is 36.4 Å². The van der Waals surface area contributed by atoms with Gasteiger partial charge >= 0.3 is 0 Å². The first kappa shape index (κ1) is 18.4. The largest absolute Gasteiger partial charge is 0.497 e. The third kappa shape index (κ3) is 5.62. The minimum atomic E-state index is -0.230. The third-order valence-electron chi connectivity index (χ3n) is 4.03. The van der Waals surface area contributed by atoms with E-state index in [1.165, 1.54) is 0 Å². The summed E-state index contributed by atoms with van der Waals surface area (Å²) in [6, 6.07) is 7.79. The Morgan fingerprint density at radius 1 is 1.21 bits per heavy atom. The Bertz CT molecular complexity index is 547. The standard InChI is InChI=1S/C20H26O4/c1-3-6-18-7-4-5-8-19(20(24-18)13-14-21)23-15-16-9-11-17(22-2)12-10-16/h3-6,9-12,14,18-20H,7-8,13,15H2,1-2H3/b5-4-,6-3+/t18-,19-,20+/m0/s1. The Hall–Kier alpha value is -1.91. The van der Waals surface area contributed by atoms with Crippen LogP contribution in [0.2, 0.25) is 0 Å². The summed E-state index contributed by atoms with van der Waals surface area (Å²) in [5.74, 6) is 0.823. The summed E-state index contributed by atoms with van der Waals surface area (Å²) < 4.78 is 17.3. The predicted molar refractivity (Wildman–Crippen MR) is 94.1 cm³/mol. The molecule has 0 saturated carbocycles. The van der Waals surface area contributed by atoms with Crippen LogP contribution < -0.4 is 4.74 Å². The van der Waals surface area contributed by atoms with E-state index in [0.29, 0.717) is 13.0 Å². The maximum Gasteiger partial charge on any atom is 0.122 e. The van der Waals surface area contributed by atoms with E-state index in [1.54, 1.807) is 7.11 Å². The van der Waals surface area contributed by atoms with Crippen molar-refractivity contribution in [3.8, 4) is 5.75 Å². The highest BCUT2D eigenvalue weighted by molar-refractivity contribution is 5.50. The summed E-state index contributed by atoms with van der Waals surface area (Å²) in [7, 11) is 1.65. The summed E-state index contributed by atoms with van der Waals surface area (Å²) in [4.78, 5) is 11.0. The van der Waals surface area contributed by atoms with Crippen LogP contribution in [-0.2, 0) is 20.9 Å². The van der Waals surface area contributed by atoms with Gasteiger partial charge in [-0.2, -0.15) is 0 Å². The highest BCUT2D eigenvalue weighted by Gasteiger charge is 2.25. The van der Waals surface area contributed by atoms with Gasteiger partial charge in [-0.3, -0.25) is 0 Å². The molecule has 4 nitrogen and oxygen atoms in total. The smallest absolute Gasteiger partial charge is 0.122 e. The molecule has 1 heterocycles. The zero-order valence-electron chi connectivity index (χ0n) is 14.4. The van der Waals surface area contributed by atoms with Gasteiger partial charge in [0.15, 0.2) is 0 Å². The van der Waals surface area contributed by atoms with Crippen molar-refractivity contribution in [2.75, 3.05) is 7.11 Å². The first-order valence-corrected chi connectivity index (χ1v) is 8.38. The van der Waals surface area contributed by atoms with Gasteiger partial charge in [0.25, 0.3) is 0 Å². The lowest BCUT2D eigenvalue weighted by Gasteiger charge is -2.30. The van der Waals surface area contributed by atoms with E-state index in [4.69, 9.17) is 14.2 Å². The van der Waals surface area contributed by atoms with Crippen molar-refractivity contribution in [2.24, 2.45) is 0 Å². The quantitative estimate of drug-likeness (QED) is 0.563. The first-order chi connectivity index (χ1) is 11.8. The van der Waals surface area contributed by atoms with Gasteiger partial charge in [-0.25, -0.2) is 0 Å². The van der Waals surface area contributed by atoms with E-state index in [9.17, 15) is 4.79 Å². The van der Waals surface area contributed by atoms with E-state index in [1.807, 2.05) is 43.3 Å². The Labute approximate surface area is 144 Å². The van der Waals surface area contributed by atoms with Crippen molar-refractivity contribution in [2.45, 2.75) is 51.1 Å². The van der Waals surface area contributed by atoms with Crippen molar-refractivity contribution in [1.82, 2.24) is 0 Å². The van der Waals surface area contributed by atoms with Crippen LogP contribution in [-0.4, -0.2) is 31.7 Å². The molecule has 0 aromatic heterocycles. The third-order valence-corrected chi connectivity index (χ3v) is 4.03. The molecular weight excluding hydrogens is 304 g/mol. The van der Waals surface area contributed by atoms with Crippen molar-refractivity contribution in [1.29, 1.82) is 0 Å². The fourth-order valence-corrected chi connectivity index (χ4v) is 2.72. The van der Waals surface area contributed by atoms with Crippen LogP contribution >= 0.6 is 0 Å². The van der Waals surface area contributed by atoms with Gasteiger partial charge in [0.2, 0.25) is 0 Å². The van der Waals surface area contributed by atoms with E-state index >= 15 is 0 Å². The monoisotopic (exact) mass is 330 g/mol. The summed E-state index contributed by atoms with van der Waals surface area (Å²) >= 11 is 0. The average Bonchev–Trinajstić information content (AvgIpc) is 2.59. The molecule has 0 bridgehead atoms. The Morgan fingerprint density at radius 3 is 2.62 bits per heavy atom. The summed E-state index contributed by atoms with van der Waals surface area (Å²) in [6.45, 7) is 2.45. The molecule has 130 valence electrons. The van der Waals surface area contributed by atoms with Gasteiger partial charge in [0.05, 0.1) is 32.0 Å². The van der Waals surface area contributed by atoms with Crippen LogP contribution in [0, 0.1) is 0 Å². The molecule has 1 aliphatic heterocycles. The Morgan fingerprint density at radius 2 is 1.96 bits per heavy atom. The van der Waals surface area contributed by atoms with Crippen LogP contribution in [0.4, 0.5) is 0 Å². The normalized spacial score (nSPS) is 25.8. The number of aldehydes is 1. The second kappa shape index (κ2) is 10.1. The SMILES string of the molecule is C/C=C/[C@H]1C/C=C\C[C@H](OCc2ccc(OC)cc2)[C@@H](CC=O)O1. The molecule has 0 N–H and O–H groups in total. The number of hydrogen-bond donors (Lipinski definition) is 0. The number of methoxy groups -OCH3 is 1. The van der Waals surface area contributed by atoms with Crippen molar-refractivity contribution >= 4 is 6.29 Å². The summed E-state index contributed by atoms with van der Waals surface area (Å²) in [6.07, 6.45) is 10.7. The van der Waals surface area contributed by atoms with Gasteiger partial charge in [0, 0.05) is 6.42 Å². The molecule has 0 amide bonds. The van der Waals surface area contributed by atoms with Gasteiger partial charge < -0.3 is 19.0 Å². The first-order valence-electron chi connectivity index (χ1n) is 8.38. The van der Waals surface area contributed by atoms with Crippen LogP contribution in [0.15, 0.2) is 48.6 Å². The van der Waals surface area contributed by atoms with Crippen molar-refractivity contribution < 1.29 is 19.0 Å². The summed E-state index contributed by atoms with van der Waals surface area (Å²) in [5, 5.41) is 0. The van der Waals surface area contributed by atoms with Crippen LogP contribution in [0.5, 0.6) is 5.75 Å². The zero-order valence-corrected chi connectivity index (χ0v) is 14.4. The topological polar surface area (TPSA) is 44.8 Å². The molecule has 0 saturated heterocycles. The summed E-state index contributed by atoms with van der Waals surface area (Å²) in [5.41, 5.74) is 1.07. The molecule has 0 fully saturated rings. The number of carbonyl (C=O) groups is 1. The molecule has 0 radical (unpaired) electrons. The van der Waals surface area contributed by atoms with Gasteiger partial charge in [-0.15, -0.1) is 0 Å². The van der Waals surface area contributed by atoms with Crippen LogP contribution in [0.3, 0.4) is 0 Å². The highest BCUT2D eigenvalue weighted by Crippen LogP contribution is 2.21. The fourth-order valence-electron chi connectivity index (χ4n) is 2.72. The van der Waals surface area contributed by atoms with Crippen molar-refractivity contribution in [3.63, 3.8) is 0 Å². The number of carbonyl (C=O) groups excluding carboxylic acids is 1. The number of allylic oxidation sites excluding steroid dienone is 1. The minimum absolute atomic E-state index is 0.0106. The molecule has 4 heteroatoms. The molecule has 1 aliphatic rings. The minimum Gasteiger partial charge on any atom is -0.497 e. The lowest BCUT2D eigenvalue weighted by Crippen LogP contribution is -2.35. The number of rotatable bonds is 7. The molecule has 1 aromatic carbocycles. The second-order valence-corrected chi connectivity index (χ2v) is 5.78. The van der Waals surface area contributed by atoms with Gasteiger partial charge in [0.1, 0.15) is 12.0 Å². The molecule has 1 aromatic rings. The predicted octanol–water partition coefficient (Wildman–Crippen LogP) is 3.85. The molecular formula is C20H26O4. The number of ether oxygens (including phenoxy) is 3. The van der Waals surface area contributed by atoms with Crippen LogP contribution in [0.1, 0.15) is 31.7 Å². The molecule has 0 unspecified atom stereocenters. The zero-order chi connectivity index (χ0) is 17.2. The average molecular weight is 330 g/mol. The van der Waals surface area contributed by atoms with E-state index in [0.717, 1.165) is 30.4 Å².